The molecule has 9 heteroatoms. The summed E-state index contributed by atoms with van der Waals surface area (Å²) in [5, 5.41) is 14.2. The van der Waals surface area contributed by atoms with E-state index in [-0.39, 0.29) is 16.6 Å². The van der Waals surface area contributed by atoms with Gasteiger partial charge in [0, 0.05) is 20.6 Å². The third-order valence-electron chi connectivity index (χ3n) is 4.28. The molecule has 3 amide bonds. The number of halogens is 3. The van der Waals surface area contributed by atoms with E-state index in [0.717, 1.165) is 5.01 Å². The zero-order valence-electron chi connectivity index (χ0n) is 14.0. The molecule has 0 aromatic heterocycles. The van der Waals surface area contributed by atoms with Crippen LogP contribution < -0.4 is 15.8 Å². The van der Waals surface area contributed by atoms with Crippen molar-refractivity contribution >= 4 is 52.4 Å². The standard InChI is InChI=1S/C18H13Cl3N4O2/c1-18(9-22,10-2-4-11(19)5-3-10)16-13(20)6-12(7-14(16)21)25-17(27)24-15(26)8-23-25/h2-7,23H,8H2,1H3,(H,24,26,27). The molecular formula is C18H13Cl3N4O2. The summed E-state index contributed by atoms with van der Waals surface area (Å²) in [5.74, 6) is -0.440. The summed E-state index contributed by atoms with van der Waals surface area (Å²) in [6.07, 6.45) is 0. The van der Waals surface area contributed by atoms with E-state index in [0.29, 0.717) is 21.8 Å². The molecule has 2 N–H and O–H groups in total. The first-order valence-corrected chi connectivity index (χ1v) is 8.94. The Hall–Kier alpha value is -2.30. The average molecular weight is 424 g/mol. The van der Waals surface area contributed by atoms with E-state index in [4.69, 9.17) is 34.8 Å². The van der Waals surface area contributed by atoms with Crippen LogP contribution in [0.3, 0.4) is 0 Å². The SMILES string of the molecule is CC(C#N)(c1ccc(Cl)cc1)c1c(Cl)cc(N2NCC(=O)NC2=O)cc1Cl. The fourth-order valence-electron chi connectivity index (χ4n) is 2.87. The molecule has 6 nitrogen and oxygen atoms in total. The highest BCUT2D eigenvalue weighted by Crippen LogP contribution is 2.42. The minimum absolute atomic E-state index is 0.0661. The van der Waals surface area contributed by atoms with Crippen LogP contribution in [-0.2, 0) is 10.2 Å². The summed E-state index contributed by atoms with van der Waals surface area (Å²) >= 11 is 18.9. The number of benzene rings is 2. The lowest BCUT2D eigenvalue weighted by Gasteiger charge is -2.30. The van der Waals surface area contributed by atoms with Crippen LogP contribution in [0.2, 0.25) is 15.1 Å². The second-order valence-corrected chi connectivity index (χ2v) is 7.30. The van der Waals surface area contributed by atoms with Gasteiger partial charge in [-0.2, -0.15) is 5.26 Å². The van der Waals surface area contributed by atoms with E-state index >= 15 is 0 Å². The molecular weight excluding hydrogens is 411 g/mol. The van der Waals surface area contributed by atoms with Crippen molar-refractivity contribution in [1.82, 2.24) is 10.7 Å². The molecule has 1 atom stereocenters. The highest BCUT2D eigenvalue weighted by molar-refractivity contribution is 6.37. The number of nitriles is 1. The number of hydrazine groups is 1. The molecule has 1 aliphatic rings. The quantitative estimate of drug-likeness (QED) is 0.780. The normalized spacial score (nSPS) is 16.5. The van der Waals surface area contributed by atoms with Crippen LogP contribution in [0.5, 0.6) is 0 Å². The fourth-order valence-corrected chi connectivity index (χ4v) is 3.84. The zero-order chi connectivity index (χ0) is 19.8. The summed E-state index contributed by atoms with van der Waals surface area (Å²) in [6, 6.07) is 11.5. The molecule has 1 heterocycles. The Morgan fingerprint density at radius 2 is 1.70 bits per heavy atom. The Morgan fingerprint density at radius 3 is 2.22 bits per heavy atom. The molecule has 27 heavy (non-hydrogen) atoms. The molecule has 1 fully saturated rings. The second kappa shape index (κ2) is 7.37. The van der Waals surface area contributed by atoms with Gasteiger partial charge in [0.15, 0.2) is 0 Å². The number of carbonyl (C=O) groups excluding carboxylic acids is 2. The number of rotatable bonds is 3. The lowest BCUT2D eigenvalue weighted by atomic mass is 9.77. The molecule has 1 saturated heterocycles. The van der Waals surface area contributed by atoms with E-state index in [1.807, 2.05) is 0 Å². The Bertz CT molecular complexity index is 949. The number of nitrogens with zero attached hydrogens (tertiary/aromatic N) is 2. The molecule has 0 radical (unpaired) electrons. The van der Waals surface area contributed by atoms with Crippen molar-refractivity contribution in [2.75, 3.05) is 11.6 Å². The first kappa shape index (κ1) is 19.5. The van der Waals surface area contributed by atoms with Gasteiger partial charge in [-0.05, 0) is 36.8 Å². The Kier molecular flexibility index (Phi) is 5.31. The van der Waals surface area contributed by atoms with Gasteiger partial charge in [-0.15, -0.1) is 0 Å². The molecule has 1 unspecified atom stereocenters. The molecule has 2 aromatic carbocycles. The van der Waals surface area contributed by atoms with Gasteiger partial charge in [0.25, 0.3) is 0 Å². The first-order valence-electron chi connectivity index (χ1n) is 7.80. The van der Waals surface area contributed by atoms with Crippen LogP contribution >= 0.6 is 34.8 Å². The number of hydrogen-bond acceptors (Lipinski definition) is 4. The molecule has 2 aromatic rings. The minimum Gasteiger partial charge on any atom is -0.275 e. The van der Waals surface area contributed by atoms with Crippen LogP contribution in [0.1, 0.15) is 18.1 Å². The van der Waals surface area contributed by atoms with Crippen molar-refractivity contribution in [2.24, 2.45) is 0 Å². The van der Waals surface area contributed by atoms with Gasteiger partial charge in [0.05, 0.1) is 18.3 Å². The van der Waals surface area contributed by atoms with Crippen LogP contribution in [0.15, 0.2) is 36.4 Å². The number of amides is 3. The Labute approximate surface area is 170 Å². The summed E-state index contributed by atoms with van der Waals surface area (Å²) in [6.45, 7) is 1.64. The van der Waals surface area contributed by atoms with E-state index in [1.54, 1.807) is 31.2 Å². The predicted molar refractivity (Wildman–Crippen MR) is 104 cm³/mol. The minimum atomic E-state index is -1.13. The smallest absolute Gasteiger partial charge is 0.275 e. The van der Waals surface area contributed by atoms with Crippen molar-refractivity contribution in [3.63, 3.8) is 0 Å². The summed E-state index contributed by atoms with van der Waals surface area (Å²) in [4.78, 5) is 23.3. The predicted octanol–water partition coefficient (Wildman–Crippen LogP) is 4.04. The Morgan fingerprint density at radius 1 is 1.11 bits per heavy atom. The maximum atomic E-state index is 12.0. The fraction of sp³-hybridized carbons (Fsp3) is 0.167. The van der Waals surface area contributed by atoms with E-state index < -0.39 is 17.4 Å². The lowest BCUT2D eigenvalue weighted by Crippen LogP contribution is -2.59. The molecule has 3 rings (SSSR count). The van der Waals surface area contributed by atoms with Crippen LogP contribution in [0.25, 0.3) is 0 Å². The highest BCUT2D eigenvalue weighted by atomic mass is 35.5. The van der Waals surface area contributed by atoms with Crippen molar-refractivity contribution in [2.45, 2.75) is 12.3 Å². The summed E-state index contributed by atoms with van der Waals surface area (Å²) in [5.41, 5.74) is 2.96. The van der Waals surface area contributed by atoms with Gasteiger partial charge in [-0.25, -0.2) is 15.2 Å². The first-order chi connectivity index (χ1) is 12.8. The Balaban J connectivity index is 2.07. The van der Waals surface area contributed by atoms with Gasteiger partial charge in [0.2, 0.25) is 5.91 Å². The molecule has 0 spiro atoms. The molecule has 0 saturated carbocycles. The van der Waals surface area contributed by atoms with Gasteiger partial charge >= 0.3 is 6.03 Å². The largest absolute Gasteiger partial charge is 0.343 e. The highest BCUT2D eigenvalue weighted by Gasteiger charge is 2.35. The van der Waals surface area contributed by atoms with Gasteiger partial charge in [-0.3, -0.25) is 10.1 Å². The molecule has 0 bridgehead atoms. The van der Waals surface area contributed by atoms with Crippen molar-refractivity contribution in [1.29, 1.82) is 5.26 Å². The third-order valence-corrected chi connectivity index (χ3v) is 5.13. The van der Waals surface area contributed by atoms with Crippen molar-refractivity contribution in [3.8, 4) is 6.07 Å². The van der Waals surface area contributed by atoms with E-state index in [9.17, 15) is 14.9 Å². The summed E-state index contributed by atoms with van der Waals surface area (Å²) < 4.78 is 0. The number of imide groups is 1. The van der Waals surface area contributed by atoms with Crippen molar-refractivity contribution < 1.29 is 9.59 Å². The molecule has 0 aliphatic carbocycles. The zero-order valence-corrected chi connectivity index (χ0v) is 16.3. The third kappa shape index (κ3) is 3.60. The monoisotopic (exact) mass is 422 g/mol. The number of hydrogen-bond donors (Lipinski definition) is 2. The lowest BCUT2D eigenvalue weighted by molar-refractivity contribution is -0.119. The summed E-state index contributed by atoms with van der Waals surface area (Å²) in [7, 11) is 0. The van der Waals surface area contributed by atoms with Gasteiger partial charge < -0.3 is 0 Å². The number of anilines is 1. The van der Waals surface area contributed by atoms with Crippen molar-refractivity contribution in [3.05, 3.63) is 62.6 Å². The number of urea groups is 1. The molecule has 138 valence electrons. The maximum absolute atomic E-state index is 12.0. The van der Waals surface area contributed by atoms with Crippen LogP contribution in [0.4, 0.5) is 10.5 Å². The number of carbonyl (C=O) groups is 2. The van der Waals surface area contributed by atoms with Crippen LogP contribution in [-0.4, -0.2) is 18.5 Å². The van der Waals surface area contributed by atoms with Gasteiger partial charge in [-0.1, -0.05) is 46.9 Å². The maximum Gasteiger partial charge on any atom is 0.343 e. The van der Waals surface area contributed by atoms with Crippen LogP contribution in [0, 0.1) is 11.3 Å². The molecule has 1 aliphatic heterocycles. The average Bonchev–Trinajstić information content (AvgIpc) is 2.61. The second-order valence-electron chi connectivity index (χ2n) is 6.05. The van der Waals surface area contributed by atoms with Gasteiger partial charge in [0.1, 0.15) is 5.41 Å². The van der Waals surface area contributed by atoms with E-state index in [2.05, 4.69) is 16.8 Å². The topological polar surface area (TPSA) is 85.2 Å². The number of nitrogens with one attached hydrogen (secondary N) is 2. The van der Waals surface area contributed by atoms with E-state index in [1.165, 1.54) is 12.1 Å².